The van der Waals surface area contributed by atoms with Crippen LogP contribution < -0.4 is 5.32 Å². The van der Waals surface area contributed by atoms with E-state index >= 15 is 0 Å². The Hall–Kier alpha value is -1.42. The molecule has 2 N–H and O–H groups in total. The number of hydrogen-bond donors (Lipinski definition) is 2. The summed E-state index contributed by atoms with van der Waals surface area (Å²) in [5.41, 5.74) is 1.61. The fourth-order valence-electron chi connectivity index (χ4n) is 2.01. The maximum absolute atomic E-state index is 13.1. The van der Waals surface area contributed by atoms with Gasteiger partial charge >= 0.3 is 0 Å². The van der Waals surface area contributed by atoms with Crippen molar-refractivity contribution in [1.29, 1.82) is 0 Å². The molecular formula is C16H17ClFNO. The first-order valence-electron chi connectivity index (χ1n) is 6.48. The molecule has 0 radical (unpaired) electrons. The third kappa shape index (κ3) is 4.04. The SMILES string of the molecule is C[C@H](NCC(O)c1cccc(F)c1)c1cccc(Cl)c1. The summed E-state index contributed by atoms with van der Waals surface area (Å²) in [4.78, 5) is 0. The molecule has 0 saturated carbocycles. The van der Waals surface area contributed by atoms with Crippen LogP contribution in [-0.2, 0) is 0 Å². The first-order valence-corrected chi connectivity index (χ1v) is 6.86. The summed E-state index contributed by atoms with van der Waals surface area (Å²) in [6.45, 7) is 2.33. The summed E-state index contributed by atoms with van der Waals surface area (Å²) in [5, 5.41) is 13.9. The molecule has 20 heavy (non-hydrogen) atoms. The highest BCUT2D eigenvalue weighted by atomic mass is 35.5. The molecule has 2 atom stereocenters. The lowest BCUT2D eigenvalue weighted by atomic mass is 10.1. The third-order valence-corrected chi connectivity index (χ3v) is 3.43. The van der Waals surface area contributed by atoms with Crippen LogP contribution >= 0.6 is 11.6 Å². The zero-order valence-corrected chi connectivity index (χ0v) is 11.9. The minimum absolute atomic E-state index is 0.0527. The van der Waals surface area contributed by atoms with Crippen molar-refractivity contribution >= 4 is 11.6 Å². The van der Waals surface area contributed by atoms with E-state index in [1.54, 1.807) is 12.1 Å². The molecule has 0 aliphatic rings. The van der Waals surface area contributed by atoms with Gasteiger partial charge in [0.15, 0.2) is 0 Å². The van der Waals surface area contributed by atoms with Gasteiger partial charge in [0.25, 0.3) is 0 Å². The maximum Gasteiger partial charge on any atom is 0.123 e. The van der Waals surface area contributed by atoms with Crippen molar-refractivity contribution in [3.63, 3.8) is 0 Å². The smallest absolute Gasteiger partial charge is 0.123 e. The molecule has 0 amide bonds. The van der Waals surface area contributed by atoms with Gasteiger partial charge in [0.1, 0.15) is 5.82 Å². The second-order valence-electron chi connectivity index (χ2n) is 4.76. The molecule has 2 nitrogen and oxygen atoms in total. The highest BCUT2D eigenvalue weighted by Crippen LogP contribution is 2.19. The van der Waals surface area contributed by atoms with Crippen molar-refractivity contribution in [3.05, 3.63) is 70.5 Å². The molecule has 0 spiro atoms. The van der Waals surface area contributed by atoms with Crippen LogP contribution in [-0.4, -0.2) is 11.7 Å². The zero-order chi connectivity index (χ0) is 14.5. The van der Waals surface area contributed by atoms with Crippen LogP contribution in [0.2, 0.25) is 5.02 Å². The Morgan fingerprint density at radius 2 is 1.85 bits per heavy atom. The van der Waals surface area contributed by atoms with E-state index < -0.39 is 6.10 Å². The van der Waals surface area contributed by atoms with Gasteiger partial charge in [-0.2, -0.15) is 0 Å². The Morgan fingerprint density at radius 3 is 2.55 bits per heavy atom. The second kappa shape index (κ2) is 6.84. The first-order chi connectivity index (χ1) is 9.56. The van der Waals surface area contributed by atoms with E-state index in [-0.39, 0.29) is 11.9 Å². The molecule has 2 aromatic carbocycles. The summed E-state index contributed by atoms with van der Waals surface area (Å²) < 4.78 is 13.1. The minimum atomic E-state index is -0.743. The average molecular weight is 294 g/mol. The Kier molecular flexibility index (Phi) is 5.12. The maximum atomic E-state index is 13.1. The van der Waals surface area contributed by atoms with E-state index in [1.807, 2.05) is 31.2 Å². The van der Waals surface area contributed by atoms with E-state index in [0.29, 0.717) is 17.1 Å². The summed E-state index contributed by atoms with van der Waals surface area (Å²) in [6.07, 6.45) is -0.743. The van der Waals surface area contributed by atoms with Crippen LogP contribution in [0.5, 0.6) is 0 Å². The van der Waals surface area contributed by atoms with Gasteiger partial charge in [-0.1, -0.05) is 35.9 Å². The third-order valence-electron chi connectivity index (χ3n) is 3.20. The molecule has 0 aliphatic carbocycles. The van der Waals surface area contributed by atoms with Crippen molar-refractivity contribution in [2.24, 2.45) is 0 Å². The molecule has 4 heteroatoms. The number of aliphatic hydroxyl groups excluding tert-OH is 1. The van der Waals surface area contributed by atoms with Gasteiger partial charge in [0.2, 0.25) is 0 Å². The van der Waals surface area contributed by atoms with Gasteiger partial charge < -0.3 is 10.4 Å². The predicted molar refractivity (Wildman–Crippen MR) is 79.2 cm³/mol. The molecule has 0 aromatic heterocycles. The standard InChI is InChI=1S/C16H17ClFNO/c1-11(12-4-2-6-14(17)8-12)19-10-16(20)13-5-3-7-15(18)9-13/h2-9,11,16,19-20H,10H2,1H3/t11-,16?/m0/s1. The normalized spacial score (nSPS) is 14.0. The van der Waals surface area contributed by atoms with Crippen LogP contribution in [0, 0.1) is 5.82 Å². The molecule has 2 rings (SSSR count). The van der Waals surface area contributed by atoms with Crippen molar-refractivity contribution in [2.45, 2.75) is 19.1 Å². The largest absolute Gasteiger partial charge is 0.387 e. The Bertz CT molecular complexity index is 524. The van der Waals surface area contributed by atoms with Crippen LogP contribution in [0.3, 0.4) is 0 Å². The number of benzene rings is 2. The summed E-state index contributed by atoms with van der Waals surface area (Å²) >= 11 is 5.95. The second-order valence-corrected chi connectivity index (χ2v) is 5.19. The van der Waals surface area contributed by atoms with Gasteiger partial charge in [-0.05, 0) is 42.3 Å². The van der Waals surface area contributed by atoms with Gasteiger partial charge in [-0.15, -0.1) is 0 Å². The molecule has 2 aromatic rings. The molecule has 1 unspecified atom stereocenters. The monoisotopic (exact) mass is 293 g/mol. The number of hydrogen-bond acceptors (Lipinski definition) is 2. The highest BCUT2D eigenvalue weighted by molar-refractivity contribution is 6.30. The molecule has 106 valence electrons. The molecular weight excluding hydrogens is 277 g/mol. The van der Waals surface area contributed by atoms with E-state index in [0.717, 1.165) is 5.56 Å². The molecule has 0 fully saturated rings. The van der Waals surface area contributed by atoms with E-state index in [9.17, 15) is 9.50 Å². The molecule has 0 saturated heterocycles. The Morgan fingerprint density at radius 1 is 1.15 bits per heavy atom. The van der Waals surface area contributed by atoms with Crippen LogP contribution in [0.25, 0.3) is 0 Å². The van der Waals surface area contributed by atoms with E-state index in [2.05, 4.69) is 5.32 Å². The van der Waals surface area contributed by atoms with Gasteiger partial charge in [-0.25, -0.2) is 4.39 Å². The van der Waals surface area contributed by atoms with Crippen LogP contribution in [0.1, 0.15) is 30.2 Å². The summed E-state index contributed by atoms with van der Waals surface area (Å²) in [6, 6.07) is 13.6. The topological polar surface area (TPSA) is 32.3 Å². The van der Waals surface area contributed by atoms with Crippen LogP contribution in [0.4, 0.5) is 4.39 Å². The van der Waals surface area contributed by atoms with Crippen molar-refractivity contribution in [3.8, 4) is 0 Å². The van der Waals surface area contributed by atoms with Crippen molar-refractivity contribution < 1.29 is 9.50 Å². The lowest BCUT2D eigenvalue weighted by Crippen LogP contribution is -2.24. The molecule has 0 bridgehead atoms. The van der Waals surface area contributed by atoms with Crippen LogP contribution in [0.15, 0.2) is 48.5 Å². The van der Waals surface area contributed by atoms with Gasteiger partial charge in [0.05, 0.1) is 6.10 Å². The quantitative estimate of drug-likeness (QED) is 0.877. The minimum Gasteiger partial charge on any atom is -0.387 e. The summed E-state index contributed by atoms with van der Waals surface area (Å²) in [5.74, 6) is -0.343. The predicted octanol–water partition coefficient (Wildman–Crippen LogP) is 3.86. The number of rotatable bonds is 5. The average Bonchev–Trinajstić information content (AvgIpc) is 2.44. The fourth-order valence-corrected chi connectivity index (χ4v) is 2.21. The molecule has 0 heterocycles. The summed E-state index contributed by atoms with van der Waals surface area (Å²) in [7, 11) is 0. The Labute approximate surface area is 123 Å². The van der Waals surface area contributed by atoms with Crippen molar-refractivity contribution in [1.82, 2.24) is 5.32 Å². The first kappa shape index (κ1) is 15.0. The van der Waals surface area contributed by atoms with E-state index in [4.69, 9.17) is 11.6 Å². The Balaban J connectivity index is 1.94. The highest BCUT2D eigenvalue weighted by Gasteiger charge is 2.11. The number of nitrogens with one attached hydrogen (secondary N) is 1. The number of aliphatic hydroxyl groups is 1. The lowest BCUT2D eigenvalue weighted by molar-refractivity contribution is 0.170. The van der Waals surface area contributed by atoms with E-state index in [1.165, 1.54) is 12.1 Å². The van der Waals surface area contributed by atoms with Gasteiger partial charge in [0, 0.05) is 17.6 Å². The number of halogens is 2. The fraction of sp³-hybridized carbons (Fsp3) is 0.250. The van der Waals surface area contributed by atoms with Gasteiger partial charge in [-0.3, -0.25) is 0 Å². The lowest BCUT2D eigenvalue weighted by Gasteiger charge is -2.18. The molecule has 0 aliphatic heterocycles. The van der Waals surface area contributed by atoms with Crippen molar-refractivity contribution in [2.75, 3.05) is 6.54 Å². The zero-order valence-electron chi connectivity index (χ0n) is 11.2.